The lowest BCUT2D eigenvalue weighted by atomic mass is 10.0. The van der Waals surface area contributed by atoms with Crippen molar-refractivity contribution in [3.05, 3.63) is 107 Å². The fourth-order valence-corrected chi connectivity index (χ4v) is 5.49. The molecule has 36 heavy (non-hydrogen) atoms. The Kier molecular flexibility index (Phi) is 9.56. The average molecular weight is 505 g/mol. The number of halogens is 1. The van der Waals surface area contributed by atoms with Gasteiger partial charge in [-0.15, -0.1) is 11.8 Å². The largest absolute Gasteiger partial charge is 0.352 e. The van der Waals surface area contributed by atoms with E-state index >= 15 is 0 Å². The number of rotatable bonds is 11. The van der Waals surface area contributed by atoms with E-state index in [1.165, 1.54) is 12.1 Å². The maximum absolute atomic E-state index is 13.6. The van der Waals surface area contributed by atoms with Gasteiger partial charge in [-0.05, 0) is 41.7 Å². The van der Waals surface area contributed by atoms with Crippen LogP contribution in [0.2, 0.25) is 0 Å². The fourth-order valence-electron chi connectivity index (χ4n) is 4.62. The predicted octanol–water partition coefficient (Wildman–Crippen LogP) is 5.76. The van der Waals surface area contributed by atoms with Gasteiger partial charge in [0, 0.05) is 24.8 Å². The summed E-state index contributed by atoms with van der Waals surface area (Å²) in [6.07, 6.45) is 4.60. The van der Waals surface area contributed by atoms with Gasteiger partial charge in [0.2, 0.25) is 11.8 Å². The summed E-state index contributed by atoms with van der Waals surface area (Å²) in [5.41, 5.74) is 2.95. The van der Waals surface area contributed by atoms with Gasteiger partial charge in [0.15, 0.2) is 0 Å². The standard InChI is InChI=1S/C30H33FN2O2S/c31-26-17-15-24(16-18-26)20-33(29(34)22-36-21-25-11-5-2-6-12-25)28(19-23-9-3-1-4-10-23)30(35)32-27-13-7-8-14-27/h1-6,9-12,15-18,27-28H,7-8,13-14,19-22H2,(H,32,35)/t28-/m0/s1. The number of nitrogens with one attached hydrogen (secondary N) is 1. The second-order valence-electron chi connectivity index (χ2n) is 9.32. The minimum atomic E-state index is -0.650. The zero-order valence-electron chi connectivity index (χ0n) is 20.4. The quantitative estimate of drug-likeness (QED) is 0.361. The topological polar surface area (TPSA) is 49.4 Å². The van der Waals surface area contributed by atoms with E-state index in [9.17, 15) is 14.0 Å². The van der Waals surface area contributed by atoms with Gasteiger partial charge in [-0.3, -0.25) is 9.59 Å². The molecule has 1 aliphatic carbocycles. The Morgan fingerprint density at radius 2 is 1.47 bits per heavy atom. The van der Waals surface area contributed by atoms with Crippen LogP contribution in [-0.2, 0) is 28.3 Å². The third-order valence-electron chi connectivity index (χ3n) is 6.58. The summed E-state index contributed by atoms with van der Waals surface area (Å²) in [5.74, 6) is 0.444. The van der Waals surface area contributed by atoms with Crippen LogP contribution in [0.4, 0.5) is 4.39 Å². The summed E-state index contributed by atoms with van der Waals surface area (Å²) in [4.78, 5) is 28.9. The molecule has 1 aliphatic rings. The third kappa shape index (κ3) is 7.69. The van der Waals surface area contributed by atoms with Gasteiger partial charge in [-0.1, -0.05) is 85.6 Å². The van der Waals surface area contributed by atoms with E-state index < -0.39 is 6.04 Å². The Morgan fingerprint density at radius 3 is 2.11 bits per heavy atom. The second kappa shape index (κ2) is 13.3. The van der Waals surface area contributed by atoms with Crippen LogP contribution in [0.1, 0.15) is 42.4 Å². The van der Waals surface area contributed by atoms with Crippen LogP contribution >= 0.6 is 11.8 Å². The highest BCUT2D eigenvalue weighted by Gasteiger charge is 2.32. The van der Waals surface area contributed by atoms with Gasteiger partial charge in [0.1, 0.15) is 11.9 Å². The smallest absolute Gasteiger partial charge is 0.243 e. The molecule has 188 valence electrons. The predicted molar refractivity (Wildman–Crippen MR) is 144 cm³/mol. The Labute approximate surface area is 217 Å². The lowest BCUT2D eigenvalue weighted by Gasteiger charge is -2.32. The normalized spacial score (nSPS) is 14.4. The summed E-state index contributed by atoms with van der Waals surface area (Å²) in [6.45, 7) is 0.251. The molecule has 1 N–H and O–H groups in total. The van der Waals surface area contributed by atoms with E-state index in [0.29, 0.717) is 12.2 Å². The molecule has 1 saturated carbocycles. The van der Waals surface area contributed by atoms with Crippen molar-refractivity contribution >= 4 is 23.6 Å². The number of thioether (sulfide) groups is 1. The zero-order chi connectivity index (χ0) is 25.2. The highest BCUT2D eigenvalue weighted by molar-refractivity contribution is 7.99. The maximum atomic E-state index is 13.6. The monoisotopic (exact) mass is 504 g/mol. The Bertz CT molecular complexity index is 1100. The van der Waals surface area contributed by atoms with E-state index in [1.54, 1.807) is 28.8 Å². The van der Waals surface area contributed by atoms with Crippen LogP contribution in [0.3, 0.4) is 0 Å². The third-order valence-corrected chi connectivity index (χ3v) is 7.56. The number of nitrogens with zero attached hydrogens (tertiary/aromatic N) is 1. The van der Waals surface area contributed by atoms with Crippen molar-refractivity contribution in [1.82, 2.24) is 10.2 Å². The molecule has 0 heterocycles. The van der Waals surface area contributed by atoms with Crippen LogP contribution in [-0.4, -0.2) is 34.6 Å². The molecular formula is C30H33FN2O2S. The van der Waals surface area contributed by atoms with Crippen molar-refractivity contribution in [3.63, 3.8) is 0 Å². The van der Waals surface area contributed by atoms with E-state index in [0.717, 1.165) is 42.4 Å². The van der Waals surface area contributed by atoms with Crippen LogP contribution < -0.4 is 5.32 Å². The minimum absolute atomic E-state index is 0.0947. The molecular weight excluding hydrogens is 471 g/mol. The molecule has 0 radical (unpaired) electrons. The van der Waals surface area contributed by atoms with E-state index in [-0.39, 0.29) is 36.0 Å². The summed E-state index contributed by atoms with van der Waals surface area (Å²) in [7, 11) is 0. The molecule has 4 rings (SSSR count). The molecule has 1 atom stereocenters. The minimum Gasteiger partial charge on any atom is -0.352 e. The average Bonchev–Trinajstić information content (AvgIpc) is 3.41. The van der Waals surface area contributed by atoms with E-state index in [1.807, 2.05) is 60.7 Å². The van der Waals surface area contributed by atoms with Crippen LogP contribution in [0.25, 0.3) is 0 Å². The summed E-state index contributed by atoms with van der Waals surface area (Å²) < 4.78 is 13.6. The molecule has 3 aromatic carbocycles. The van der Waals surface area contributed by atoms with Crippen molar-refractivity contribution in [3.8, 4) is 0 Å². The highest BCUT2D eigenvalue weighted by atomic mass is 32.2. The Morgan fingerprint density at radius 1 is 0.861 bits per heavy atom. The fraction of sp³-hybridized carbons (Fsp3) is 0.333. The van der Waals surface area contributed by atoms with Gasteiger partial charge in [0.25, 0.3) is 0 Å². The van der Waals surface area contributed by atoms with Crippen molar-refractivity contribution in [2.45, 2.75) is 56.5 Å². The molecule has 6 heteroatoms. The molecule has 0 bridgehead atoms. The molecule has 0 aliphatic heterocycles. The lowest BCUT2D eigenvalue weighted by molar-refractivity contribution is -0.139. The van der Waals surface area contributed by atoms with Crippen molar-refractivity contribution in [2.24, 2.45) is 0 Å². The van der Waals surface area contributed by atoms with Crippen molar-refractivity contribution < 1.29 is 14.0 Å². The number of amides is 2. The molecule has 0 aromatic heterocycles. The van der Waals surface area contributed by atoms with Gasteiger partial charge >= 0.3 is 0 Å². The van der Waals surface area contributed by atoms with E-state index in [4.69, 9.17) is 0 Å². The molecule has 2 amide bonds. The van der Waals surface area contributed by atoms with Gasteiger partial charge in [0.05, 0.1) is 5.75 Å². The van der Waals surface area contributed by atoms with Crippen molar-refractivity contribution in [2.75, 3.05) is 5.75 Å². The second-order valence-corrected chi connectivity index (χ2v) is 10.3. The number of hydrogen-bond donors (Lipinski definition) is 1. The van der Waals surface area contributed by atoms with Gasteiger partial charge in [-0.2, -0.15) is 0 Å². The Hall–Kier alpha value is -3.12. The summed E-state index contributed by atoms with van der Waals surface area (Å²) in [6, 6.07) is 25.5. The molecule has 0 spiro atoms. The first-order valence-corrected chi connectivity index (χ1v) is 13.7. The summed E-state index contributed by atoms with van der Waals surface area (Å²) >= 11 is 1.54. The molecule has 0 saturated heterocycles. The van der Waals surface area contributed by atoms with Crippen LogP contribution in [0, 0.1) is 5.82 Å². The molecule has 1 fully saturated rings. The summed E-state index contributed by atoms with van der Waals surface area (Å²) in [5, 5.41) is 3.21. The first kappa shape index (κ1) is 26.0. The number of hydrogen-bond acceptors (Lipinski definition) is 3. The first-order chi connectivity index (χ1) is 17.6. The molecule has 4 nitrogen and oxygen atoms in total. The van der Waals surface area contributed by atoms with E-state index in [2.05, 4.69) is 5.32 Å². The number of carbonyl (C=O) groups excluding carboxylic acids is 2. The SMILES string of the molecule is O=C(NC1CCCC1)[C@H](Cc1ccccc1)N(Cc1ccc(F)cc1)C(=O)CSCc1ccccc1. The zero-order valence-corrected chi connectivity index (χ0v) is 21.3. The molecule has 0 unspecified atom stereocenters. The maximum Gasteiger partial charge on any atom is 0.243 e. The molecule has 3 aromatic rings. The van der Waals surface area contributed by atoms with Crippen LogP contribution in [0.15, 0.2) is 84.9 Å². The van der Waals surface area contributed by atoms with Gasteiger partial charge < -0.3 is 10.2 Å². The number of carbonyl (C=O) groups is 2. The van der Waals surface area contributed by atoms with Gasteiger partial charge in [-0.25, -0.2) is 4.39 Å². The first-order valence-electron chi connectivity index (χ1n) is 12.6. The number of benzene rings is 3. The lowest BCUT2D eigenvalue weighted by Crippen LogP contribution is -2.52. The van der Waals surface area contributed by atoms with Crippen LogP contribution in [0.5, 0.6) is 0 Å². The highest BCUT2D eigenvalue weighted by Crippen LogP contribution is 2.21. The Balaban J connectivity index is 1.56. The van der Waals surface area contributed by atoms with Crippen molar-refractivity contribution in [1.29, 1.82) is 0 Å².